The summed E-state index contributed by atoms with van der Waals surface area (Å²) in [5.74, 6) is 0. The first-order valence-electron chi connectivity index (χ1n) is 3.64. The van der Waals surface area contributed by atoms with E-state index < -0.39 is 0 Å². The third-order valence-corrected chi connectivity index (χ3v) is 2.33. The largest absolute Gasteiger partial charge is 0.251 e. The summed E-state index contributed by atoms with van der Waals surface area (Å²) in [6.07, 6.45) is 4.77. The lowest BCUT2D eigenvalue weighted by Gasteiger charge is -2.15. The van der Waals surface area contributed by atoms with Gasteiger partial charge < -0.3 is 0 Å². The third-order valence-electron chi connectivity index (χ3n) is 1.37. The average molecular weight is 147 g/mol. The van der Waals surface area contributed by atoms with Gasteiger partial charge in [0.15, 0.2) is 0 Å². The normalized spacial score (nSPS) is 10.7. The van der Waals surface area contributed by atoms with Crippen LogP contribution in [0.4, 0.5) is 0 Å². The van der Waals surface area contributed by atoms with Crippen LogP contribution in [0.25, 0.3) is 0 Å². The molecule has 1 nitrogen and oxygen atoms in total. The van der Waals surface area contributed by atoms with Gasteiger partial charge in [0.05, 0.1) is 0 Å². The average Bonchev–Trinajstić information content (AvgIpc) is 1.91. The minimum Gasteiger partial charge on any atom is -0.251 e. The van der Waals surface area contributed by atoms with Crippen LogP contribution in [-0.2, 0) is 0 Å². The lowest BCUT2D eigenvalue weighted by atomic mass is 10.3. The molecule has 56 valence electrons. The van der Waals surface area contributed by atoms with Crippen molar-refractivity contribution in [2.24, 2.45) is 0 Å². The number of hydrogen-bond donors (Lipinski definition) is 0. The Morgan fingerprint density at radius 3 is 2.33 bits per heavy atom. The fourth-order valence-electron chi connectivity index (χ4n) is 0.713. The fraction of sp³-hybridized carbons (Fsp3) is 1.00. The predicted octanol–water partition coefficient (Wildman–Crippen LogP) is 2.39. The van der Waals surface area contributed by atoms with Crippen molar-refractivity contribution < 1.29 is 0 Å². The van der Waals surface area contributed by atoms with Gasteiger partial charge in [-0.3, -0.25) is 4.31 Å². The van der Waals surface area contributed by atoms with E-state index in [4.69, 9.17) is 0 Å². The monoisotopic (exact) mass is 147 g/mol. The summed E-state index contributed by atoms with van der Waals surface area (Å²) in [6.45, 7) is 6.84. The first kappa shape index (κ1) is 9.31. The van der Waals surface area contributed by atoms with Crippen LogP contribution in [0.5, 0.6) is 0 Å². The van der Waals surface area contributed by atoms with E-state index in [1.807, 2.05) is 11.9 Å². The molecule has 0 unspecified atom stereocenters. The molecule has 0 atom stereocenters. The molecular formula is C7H17NS. The zero-order valence-corrected chi connectivity index (χ0v) is 7.50. The summed E-state index contributed by atoms with van der Waals surface area (Å²) >= 11 is 1.84. The molecule has 0 aliphatic heterocycles. The Hall–Kier alpha value is 0.310. The molecule has 0 amide bonds. The number of rotatable bonds is 5. The molecule has 0 aromatic carbocycles. The second kappa shape index (κ2) is 6.43. The van der Waals surface area contributed by atoms with Crippen molar-refractivity contribution in [3.63, 3.8) is 0 Å². The van der Waals surface area contributed by atoms with E-state index in [2.05, 4.69) is 24.4 Å². The van der Waals surface area contributed by atoms with Gasteiger partial charge in [0.2, 0.25) is 0 Å². The molecule has 0 N–H and O–H groups in total. The Balaban J connectivity index is 3.09. The Labute approximate surface area is 62.9 Å². The Morgan fingerprint density at radius 2 is 2.00 bits per heavy atom. The van der Waals surface area contributed by atoms with Gasteiger partial charge in [0.1, 0.15) is 0 Å². The summed E-state index contributed by atoms with van der Waals surface area (Å²) < 4.78 is 2.38. The molecule has 0 aromatic rings. The predicted molar refractivity (Wildman–Crippen MR) is 45.7 cm³/mol. The second-order valence-corrected chi connectivity index (χ2v) is 2.94. The van der Waals surface area contributed by atoms with Gasteiger partial charge in [-0.2, -0.15) is 0 Å². The first-order chi connectivity index (χ1) is 4.35. The number of nitrogens with zero attached hydrogens (tertiary/aromatic N) is 1. The Bertz CT molecular complexity index is 52.9. The lowest BCUT2D eigenvalue weighted by molar-refractivity contribution is 0.480. The molecule has 9 heavy (non-hydrogen) atoms. The Morgan fingerprint density at radius 1 is 1.33 bits per heavy atom. The highest BCUT2D eigenvalue weighted by Gasteiger charge is 1.95. The zero-order chi connectivity index (χ0) is 7.11. The molecule has 0 radical (unpaired) electrons. The minimum atomic E-state index is 1.17. The van der Waals surface area contributed by atoms with Crippen molar-refractivity contribution >= 4 is 11.9 Å². The van der Waals surface area contributed by atoms with Crippen molar-refractivity contribution in [1.29, 1.82) is 0 Å². The summed E-state index contributed by atoms with van der Waals surface area (Å²) in [5.41, 5.74) is 0. The maximum atomic E-state index is 2.38. The van der Waals surface area contributed by atoms with Crippen LogP contribution >= 0.6 is 11.9 Å². The molecular weight excluding hydrogens is 130 g/mol. The maximum absolute atomic E-state index is 2.38. The topological polar surface area (TPSA) is 3.24 Å². The molecule has 0 bridgehead atoms. The molecule has 0 aromatic heterocycles. The van der Waals surface area contributed by atoms with Crippen molar-refractivity contribution in [2.75, 3.05) is 19.3 Å². The summed E-state index contributed by atoms with van der Waals surface area (Å²) in [4.78, 5) is 0. The van der Waals surface area contributed by atoms with E-state index in [0.29, 0.717) is 0 Å². The van der Waals surface area contributed by atoms with E-state index in [1.165, 1.54) is 25.9 Å². The van der Waals surface area contributed by atoms with E-state index in [0.717, 1.165) is 0 Å². The molecule has 0 heterocycles. The molecule has 0 saturated carbocycles. The highest BCUT2D eigenvalue weighted by atomic mass is 32.2. The molecule has 0 aliphatic carbocycles. The molecule has 0 saturated heterocycles. The van der Waals surface area contributed by atoms with E-state index in [1.54, 1.807) is 0 Å². The molecule has 0 spiro atoms. The van der Waals surface area contributed by atoms with Crippen LogP contribution in [0.2, 0.25) is 0 Å². The molecule has 0 rings (SSSR count). The zero-order valence-electron chi connectivity index (χ0n) is 6.68. The maximum Gasteiger partial charge on any atom is 0.00890 e. The Kier molecular flexibility index (Phi) is 6.65. The van der Waals surface area contributed by atoms with Crippen molar-refractivity contribution in [3.8, 4) is 0 Å². The minimum absolute atomic E-state index is 1.17. The van der Waals surface area contributed by atoms with Gasteiger partial charge >= 0.3 is 0 Å². The van der Waals surface area contributed by atoms with Crippen LogP contribution in [-0.4, -0.2) is 23.7 Å². The standard InChI is InChI=1S/C7H17NS/c1-4-6-7-8(5-2)9-3/h4-7H2,1-3H3. The van der Waals surface area contributed by atoms with Gasteiger partial charge in [-0.25, -0.2) is 0 Å². The smallest absolute Gasteiger partial charge is 0.00890 e. The molecule has 0 aliphatic rings. The summed E-state index contributed by atoms with van der Waals surface area (Å²) in [6, 6.07) is 0. The van der Waals surface area contributed by atoms with Gasteiger partial charge in [-0.05, 0) is 12.7 Å². The van der Waals surface area contributed by atoms with Crippen LogP contribution in [0, 0.1) is 0 Å². The molecule has 0 fully saturated rings. The van der Waals surface area contributed by atoms with Crippen LogP contribution in [0.15, 0.2) is 0 Å². The number of hydrogen-bond acceptors (Lipinski definition) is 2. The van der Waals surface area contributed by atoms with E-state index in [-0.39, 0.29) is 0 Å². The lowest BCUT2D eigenvalue weighted by Crippen LogP contribution is -2.15. The van der Waals surface area contributed by atoms with E-state index >= 15 is 0 Å². The van der Waals surface area contributed by atoms with Gasteiger partial charge in [-0.15, -0.1) is 0 Å². The molecule has 2 heteroatoms. The fourth-order valence-corrected chi connectivity index (χ4v) is 1.28. The quantitative estimate of drug-likeness (QED) is 0.549. The number of unbranched alkanes of at least 4 members (excludes halogenated alkanes) is 1. The summed E-state index contributed by atoms with van der Waals surface area (Å²) in [5, 5.41) is 0. The van der Waals surface area contributed by atoms with Crippen molar-refractivity contribution in [1.82, 2.24) is 4.31 Å². The van der Waals surface area contributed by atoms with Crippen molar-refractivity contribution in [2.45, 2.75) is 26.7 Å². The van der Waals surface area contributed by atoms with Gasteiger partial charge in [-0.1, -0.05) is 32.2 Å². The highest BCUT2D eigenvalue weighted by molar-refractivity contribution is 7.96. The first-order valence-corrected chi connectivity index (χ1v) is 4.82. The van der Waals surface area contributed by atoms with Gasteiger partial charge in [0, 0.05) is 13.1 Å². The SMILES string of the molecule is CCCCN(CC)SC. The van der Waals surface area contributed by atoms with Crippen LogP contribution in [0.3, 0.4) is 0 Å². The van der Waals surface area contributed by atoms with Gasteiger partial charge in [0.25, 0.3) is 0 Å². The van der Waals surface area contributed by atoms with Crippen LogP contribution in [0.1, 0.15) is 26.7 Å². The third kappa shape index (κ3) is 4.79. The van der Waals surface area contributed by atoms with Crippen LogP contribution < -0.4 is 0 Å². The second-order valence-electron chi connectivity index (χ2n) is 2.06. The van der Waals surface area contributed by atoms with E-state index in [9.17, 15) is 0 Å². The summed E-state index contributed by atoms with van der Waals surface area (Å²) in [7, 11) is 0. The van der Waals surface area contributed by atoms with Crippen molar-refractivity contribution in [3.05, 3.63) is 0 Å². The highest BCUT2D eigenvalue weighted by Crippen LogP contribution is 2.05.